The van der Waals surface area contributed by atoms with Crippen molar-refractivity contribution in [2.45, 2.75) is 33.8 Å². The molecule has 0 unspecified atom stereocenters. The van der Waals surface area contributed by atoms with Crippen molar-refractivity contribution in [3.05, 3.63) is 58.7 Å². The summed E-state index contributed by atoms with van der Waals surface area (Å²) < 4.78 is 5.63. The number of para-hydroxylation sites is 1. The lowest BCUT2D eigenvalue weighted by Crippen LogP contribution is -2.31. The SMILES string of the molecule is Cc1cc(C)c(NC(=O)[C@H](C)Oc2ccccc2C=O)c(C)c1. The molecule has 2 aromatic rings. The van der Waals surface area contributed by atoms with Crippen LogP contribution in [0.2, 0.25) is 0 Å². The topological polar surface area (TPSA) is 55.4 Å². The van der Waals surface area contributed by atoms with E-state index in [1.165, 1.54) is 0 Å². The van der Waals surface area contributed by atoms with Crippen molar-refractivity contribution in [2.75, 3.05) is 5.32 Å². The normalized spacial score (nSPS) is 11.7. The van der Waals surface area contributed by atoms with Gasteiger partial charge in [0.25, 0.3) is 5.91 Å². The second-order valence-electron chi connectivity index (χ2n) is 5.68. The molecule has 0 heterocycles. The number of carbonyl (C=O) groups is 2. The molecule has 1 atom stereocenters. The predicted octanol–water partition coefficient (Wildman–Crippen LogP) is 3.83. The Morgan fingerprint density at radius 2 is 1.74 bits per heavy atom. The van der Waals surface area contributed by atoms with Crippen molar-refractivity contribution in [2.24, 2.45) is 0 Å². The molecule has 4 heteroatoms. The maximum atomic E-state index is 12.4. The number of ether oxygens (including phenoxy) is 1. The van der Waals surface area contributed by atoms with Crippen molar-refractivity contribution in [1.82, 2.24) is 0 Å². The molecule has 1 amide bonds. The highest BCUT2D eigenvalue weighted by molar-refractivity contribution is 5.95. The molecular formula is C19H21NO3. The third-order valence-electron chi connectivity index (χ3n) is 3.64. The minimum absolute atomic E-state index is 0.249. The molecule has 0 aliphatic carbocycles. The van der Waals surface area contributed by atoms with E-state index in [0.29, 0.717) is 17.6 Å². The lowest BCUT2D eigenvalue weighted by atomic mass is 10.0. The number of aryl methyl sites for hydroxylation is 3. The summed E-state index contributed by atoms with van der Waals surface area (Å²) in [6.45, 7) is 7.61. The molecule has 120 valence electrons. The van der Waals surface area contributed by atoms with E-state index in [9.17, 15) is 9.59 Å². The number of amides is 1. The van der Waals surface area contributed by atoms with E-state index in [1.807, 2.05) is 32.9 Å². The number of anilines is 1. The van der Waals surface area contributed by atoms with Crippen molar-refractivity contribution >= 4 is 17.9 Å². The van der Waals surface area contributed by atoms with Gasteiger partial charge in [-0.3, -0.25) is 9.59 Å². The van der Waals surface area contributed by atoms with E-state index >= 15 is 0 Å². The third-order valence-corrected chi connectivity index (χ3v) is 3.64. The van der Waals surface area contributed by atoms with Gasteiger partial charge >= 0.3 is 0 Å². The molecule has 0 spiro atoms. The molecule has 0 aliphatic heterocycles. The van der Waals surface area contributed by atoms with E-state index in [1.54, 1.807) is 31.2 Å². The first-order valence-corrected chi connectivity index (χ1v) is 7.52. The van der Waals surface area contributed by atoms with Crippen LogP contribution in [-0.4, -0.2) is 18.3 Å². The second-order valence-corrected chi connectivity index (χ2v) is 5.68. The summed E-state index contributed by atoms with van der Waals surface area (Å²) in [5.74, 6) is 0.156. The molecule has 4 nitrogen and oxygen atoms in total. The Morgan fingerprint density at radius 1 is 1.13 bits per heavy atom. The quantitative estimate of drug-likeness (QED) is 0.854. The number of hydrogen-bond donors (Lipinski definition) is 1. The van der Waals surface area contributed by atoms with Gasteiger partial charge in [-0.25, -0.2) is 0 Å². The van der Waals surface area contributed by atoms with Crippen molar-refractivity contribution in [1.29, 1.82) is 0 Å². The molecule has 2 rings (SSSR count). The van der Waals surface area contributed by atoms with Crippen LogP contribution in [0.5, 0.6) is 5.75 Å². The Morgan fingerprint density at radius 3 is 2.35 bits per heavy atom. The highest BCUT2D eigenvalue weighted by Gasteiger charge is 2.18. The smallest absolute Gasteiger partial charge is 0.265 e. The summed E-state index contributed by atoms with van der Waals surface area (Å²) in [5.41, 5.74) is 4.41. The molecule has 0 saturated carbocycles. The molecule has 2 aromatic carbocycles. The van der Waals surface area contributed by atoms with Crippen LogP contribution in [0.4, 0.5) is 5.69 Å². The minimum Gasteiger partial charge on any atom is -0.480 e. The van der Waals surface area contributed by atoms with Crippen LogP contribution in [0.1, 0.15) is 34.0 Å². The summed E-state index contributed by atoms with van der Waals surface area (Å²) in [4.78, 5) is 23.4. The highest BCUT2D eigenvalue weighted by atomic mass is 16.5. The molecule has 0 aromatic heterocycles. The highest BCUT2D eigenvalue weighted by Crippen LogP contribution is 2.23. The Hall–Kier alpha value is -2.62. The van der Waals surface area contributed by atoms with Crippen LogP contribution in [0.15, 0.2) is 36.4 Å². The predicted molar refractivity (Wildman–Crippen MR) is 91.2 cm³/mol. The van der Waals surface area contributed by atoms with Gasteiger partial charge in [-0.15, -0.1) is 0 Å². The Balaban J connectivity index is 2.13. The average molecular weight is 311 g/mol. The van der Waals surface area contributed by atoms with Gasteiger partial charge in [0.15, 0.2) is 12.4 Å². The molecule has 0 fully saturated rings. The van der Waals surface area contributed by atoms with Gasteiger partial charge in [0.1, 0.15) is 5.75 Å². The first-order valence-electron chi connectivity index (χ1n) is 7.52. The summed E-state index contributed by atoms with van der Waals surface area (Å²) in [5, 5.41) is 2.91. The number of aldehydes is 1. The molecule has 0 aliphatic rings. The molecule has 0 bridgehead atoms. The van der Waals surface area contributed by atoms with Crippen LogP contribution in [0.3, 0.4) is 0 Å². The van der Waals surface area contributed by atoms with Gasteiger partial charge in [0, 0.05) is 5.69 Å². The molecule has 1 N–H and O–H groups in total. The Labute approximate surface area is 136 Å². The lowest BCUT2D eigenvalue weighted by molar-refractivity contribution is -0.122. The Kier molecular flexibility index (Phi) is 5.16. The van der Waals surface area contributed by atoms with Crippen LogP contribution < -0.4 is 10.1 Å². The zero-order valence-electron chi connectivity index (χ0n) is 13.8. The van der Waals surface area contributed by atoms with Gasteiger partial charge < -0.3 is 10.1 Å². The van der Waals surface area contributed by atoms with Crippen LogP contribution in [-0.2, 0) is 4.79 Å². The number of nitrogens with one attached hydrogen (secondary N) is 1. The number of rotatable bonds is 5. The maximum absolute atomic E-state index is 12.4. The van der Waals surface area contributed by atoms with Gasteiger partial charge in [-0.2, -0.15) is 0 Å². The number of benzene rings is 2. The van der Waals surface area contributed by atoms with E-state index in [0.717, 1.165) is 22.4 Å². The van der Waals surface area contributed by atoms with Gasteiger partial charge in [-0.05, 0) is 51.0 Å². The van der Waals surface area contributed by atoms with Gasteiger partial charge in [0.2, 0.25) is 0 Å². The molecular weight excluding hydrogens is 290 g/mol. The zero-order chi connectivity index (χ0) is 17.0. The fraction of sp³-hybridized carbons (Fsp3) is 0.263. The van der Waals surface area contributed by atoms with Crippen molar-refractivity contribution in [3.63, 3.8) is 0 Å². The molecule has 0 saturated heterocycles. The zero-order valence-corrected chi connectivity index (χ0v) is 13.8. The number of carbonyl (C=O) groups excluding carboxylic acids is 2. The Bertz CT molecular complexity index is 714. The monoisotopic (exact) mass is 311 g/mol. The van der Waals surface area contributed by atoms with E-state index in [2.05, 4.69) is 5.32 Å². The second kappa shape index (κ2) is 7.09. The lowest BCUT2D eigenvalue weighted by Gasteiger charge is -2.18. The fourth-order valence-corrected chi connectivity index (χ4v) is 2.53. The first-order chi connectivity index (χ1) is 10.9. The van der Waals surface area contributed by atoms with Crippen molar-refractivity contribution < 1.29 is 14.3 Å². The minimum atomic E-state index is -0.712. The standard InChI is InChI=1S/C19H21NO3/c1-12-9-13(2)18(14(3)10-12)20-19(22)15(4)23-17-8-6-5-7-16(17)11-21/h5-11,15H,1-4H3,(H,20,22)/t15-/m0/s1. The third kappa shape index (κ3) is 3.97. The van der Waals surface area contributed by atoms with Gasteiger partial charge in [-0.1, -0.05) is 29.8 Å². The average Bonchev–Trinajstić information content (AvgIpc) is 2.51. The van der Waals surface area contributed by atoms with Crippen LogP contribution >= 0.6 is 0 Å². The first kappa shape index (κ1) is 16.7. The van der Waals surface area contributed by atoms with E-state index < -0.39 is 6.10 Å². The molecule has 0 radical (unpaired) electrons. The van der Waals surface area contributed by atoms with E-state index in [-0.39, 0.29) is 5.91 Å². The maximum Gasteiger partial charge on any atom is 0.265 e. The van der Waals surface area contributed by atoms with E-state index in [4.69, 9.17) is 4.74 Å². The summed E-state index contributed by atoms with van der Waals surface area (Å²) >= 11 is 0. The van der Waals surface area contributed by atoms with Crippen LogP contribution in [0.25, 0.3) is 0 Å². The summed E-state index contributed by atoms with van der Waals surface area (Å²) in [6.07, 6.45) is 0.00465. The number of hydrogen-bond acceptors (Lipinski definition) is 3. The fourth-order valence-electron chi connectivity index (χ4n) is 2.53. The largest absolute Gasteiger partial charge is 0.480 e. The summed E-state index contributed by atoms with van der Waals surface area (Å²) in [7, 11) is 0. The molecule has 23 heavy (non-hydrogen) atoms. The van der Waals surface area contributed by atoms with Crippen LogP contribution in [0, 0.1) is 20.8 Å². The van der Waals surface area contributed by atoms with Gasteiger partial charge in [0.05, 0.1) is 5.56 Å². The summed E-state index contributed by atoms with van der Waals surface area (Å²) in [6, 6.07) is 10.9. The van der Waals surface area contributed by atoms with Crippen molar-refractivity contribution in [3.8, 4) is 5.75 Å².